The minimum atomic E-state index is -0.392. The summed E-state index contributed by atoms with van der Waals surface area (Å²) >= 11 is 0. The first-order chi connectivity index (χ1) is 15.5. The average Bonchev–Trinajstić information content (AvgIpc) is 3.26. The van der Waals surface area contributed by atoms with E-state index in [2.05, 4.69) is 89.9 Å². The Balaban J connectivity index is 1.54. The molecule has 0 unspecified atom stereocenters. The number of anilines is 3. The summed E-state index contributed by atoms with van der Waals surface area (Å²) in [4.78, 5) is 14.0. The van der Waals surface area contributed by atoms with Gasteiger partial charge in [-0.25, -0.2) is 9.97 Å². The minimum Gasteiger partial charge on any atom is -0.439 e. The monoisotopic (exact) mass is 421 g/mol. The Bertz CT molecular complexity index is 1360. The van der Waals surface area contributed by atoms with Gasteiger partial charge in [0.05, 0.1) is 5.69 Å². The molecule has 5 heterocycles. The molecule has 0 spiro atoms. The molecule has 0 saturated carbocycles. The normalized spacial score (nSPS) is 16.9. The number of aromatic nitrogens is 2. The number of hydrogen-bond acceptors (Lipinski definition) is 6. The third-order valence-corrected chi connectivity index (χ3v) is 6.52. The maximum absolute atomic E-state index is 6.10. The molecule has 4 aromatic rings. The van der Waals surface area contributed by atoms with Gasteiger partial charge in [0.15, 0.2) is 5.82 Å². The van der Waals surface area contributed by atoms with Gasteiger partial charge in [-0.1, -0.05) is 25.0 Å². The largest absolute Gasteiger partial charge is 0.439 e. The molecular formula is C25H24BN5O. The standard InChI is InChI=1S/C25H24BN5O/c1-17-16-21-22(19-12-8-15-28-24(19)32-21)26(4)31(17)30-23-20(13-9-14-27-23)29(25(30,2)3)18-10-6-5-7-11-18/h5-16H,1-4H3. The second-order valence-electron chi connectivity index (χ2n) is 8.87. The lowest BCUT2D eigenvalue weighted by molar-refractivity contribution is 0.351. The van der Waals surface area contributed by atoms with Gasteiger partial charge in [-0.3, -0.25) is 5.01 Å². The van der Waals surface area contributed by atoms with E-state index in [0.717, 1.165) is 39.5 Å². The van der Waals surface area contributed by atoms with Crippen LogP contribution in [0.5, 0.6) is 0 Å². The molecule has 2 aliphatic heterocycles. The van der Waals surface area contributed by atoms with Crippen molar-refractivity contribution in [3.8, 4) is 0 Å². The molecule has 0 saturated heterocycles. The second kappa shape index (κ2) is 6.63. The van der Waals surface area contributed by atoms with E-state index < -0.39 is 5.66 Å². The first-order valence-corrected chi connectivity index (χ1v) is 10.9. The molecule has 0 radical (unpaired) electrons. The van der Waals surface area contributed by atoms with E-state index in [0.29, 0.717) is 5.71 Å². The highest BCUT2D eigenvalue weighted by Gasteiger charge is 2.50. The number of pyridine rings is 2. The summed E-state index contributed by atoms with van der Waals surface area (Å²) in [6, 6.07) is 18.7. The van der Waals surface area contributed by atoms with E-state index >= 15 is 0 Å². The predicted octanol–water partition coefficient (Wildman–Crippen LogP) is 5.04. The molecule has 0 aliphatic carbocycles. The predicted molar refractivity (Wildman–Crippen MR) is 130 cm³/mol. The summed E-state index contributed by atoms with van der Waals surface area (Å²) < 4.78 is 6.10. The molecule has 0 bridgehead atoms. The molecule has 0 fully saturated rings. The van der Waals surface area contributed by atoms with Crippen molar-refractivity contribution >= 4 is 46.7 Å². The Hall–Kier alpha value is -3.74. The lowest BCUT2D eigenvalue weighted by Gasteiger charge is -2.49. The third-order valence-electron chi connectivity index (χ3n) is 6.52. The van der Waals surface area contributed by atoms with Crippen LogP contribution in [0, 0.1) is 0 Å². The number of para-hydroxylation sites is 1. The van der Waals surface area contributed by atoms with Gasteiger partial charge in [-0.05, 0) is 63.2 Å². The summed E-state index contributed by atoms with van der Waals surface area (Å²) in [6.07, 6.45) is 5.76. The molecular weight excluding hydrogens is 397 g/mol. The summed E-state index contributed by atoms with van der Waals surface area (Å²) in [5.74, 6) is 1.83. The maximum Gasteiger partial charge on any atom is 0.315 e. The molecule has 2 aliphatic rings. The number of furan rings is 1. The van der Waals surface area contributed by atoms with Crippen molar-refractivity contribution in [1.82, 2.24) is 14.9 Å². The van der Waals surface area contributed by atoms with Crippen LogP contribution in [0.4, 0.5) is 17.2 Å². The minimum absolute atomic E-state index is 0.0466. The summed E-state index contributed by atoms with van der Waals surface area (Å²) in [6.45, 7) is 8.88. The van der Waals surface area contributed by atoms with Crippen molar-refractivity contribution in [3.05, 3.63) is 78.4 Å². The maximum atomic E-state index is 6.10. The quantitative estimate of drug-likeness (QED) is 0.423. The van der Waals surface area contributed by atoms with Crippen LogP contribution in [-0.2, 0) is 0 Å². The van der Waals surface area contributed by atoms with Crippen molar-refractivity contribution in [3.63, 3.8) is 0 Å². The zero-order valence-electron chi connectivity index (χ0n) is 18.6. The first kappa shape index (κ1) is 19.0. The molecule has 0 amide bonds. The van der Waals surface area contributed by atoms with Gasteiger partial charge in [-0.15, -0.1) is 0 Å². The van der Waals surface area contributed by atoms with E-state index in [4.69, 9.17) is 9.40 Å². The van der Waals surface area contributed by atoms with Crippen LogP contribution in [0.2, 0.25) is 6.82 Å². The summed E-state index contributed by atoms with van der Waals surface area (Å²) in [5.41, 5.74) is 4.78. The second-order valence-corrected chi connectivity index (χ2v) is 8.87. The van der Waals surface area contributed by atoms with Crippen molar-refractivity contribution in [2.24, 2.45) is 0 Å². The molecule has 0 N–H and O–H groups in total. The molecule has 6 nitrogen and oxygen atoms in total. The van der Waals surface area contributed by atoms with E-state index in [1.165, 1.54) is 0 Å². The SMILES string of the molecule is CB1c2c(oc3ncccc23)C=C(C)N1N1c2ncccc2N(c2ccccc2)C1(C)C. The molecule has 1 aromatic carbocycles. The summed E-state index contributed by atoms with van der Waals surface area (Å²) in [5, 5.41) is 3.38. The van der Waals surface area contributed by atoms with Gasteiger partial charge in [0.2, 0.25) is 5.71 Å². The zero-order chi connectivity index (χ0) is 22.0. The molecule has 32 heavy (non-hydrogen) atoms. The number of fused-ring (bicyclic) bond motifs is 4. The highest BCUT2D eigenvalue weighted by Crippen LogP contribution is 2.49. The molecule has 3 aromatic heterocycles. The summed E-state index contributed by atoms with van der Waals surface area (Å²) in [7, 11) is 0. The molecule has 7 heteroatoms. The first-order valence-electron chi connectivity index (χ1n) is 10.9. The lowest BCUT2D eigenvalue weighted by Crippen LogP contribution is -2.64. The smallest absolute Gasteiger partial charge is 0.315 e. The highest BCUT2D eigenvalue weighted by molar-refractivity contribution is 6.73. The van der Waals surface area contributed by atoms with Crippen LogP contribution >= 0.6 is 0 Å². The van der Waals surface area contributed by atoms with Crippen molar-refractivity contribution in [2.45, 2.75) is 33.3 Å². The number of nitrogens with zero attached hydrogens (tertiary/aromatic N) is 5. The highest BCUT2D eigenvalue weighted by atomic mass is 16.3. The Labute approximate surface area is 187 Å². The van der Waals surface area contributed by atoms with Gasteiger partial charge in [-0.2, -0.15) is 0 Å². The van der Waals surface area contributed by atoms with E-state index in [1.54, 1.807) is 6.20 Å². The zero-order valence-corrected chi connectivity index (χ0v) is 18.6. The Morgan fingerprint density at radius 1 is 0.938 bits per heavy atom. The van der Waals surface area contributed by atoms with E-state index in [9.17, 15) is 0 Å². The topological polar surface area (TPSA) is 48.6 Å². The molecule has 6 rings (SSSR count). The van der Waals surface area contributed by atoms with Gasteiger partial charge in [0, 0.05) is 34.6 Å². The Morgan fingerprint density at radius 2 is 1.69 bits per heavy atom. The number of rotatable bonds is 2. The number of benzene rings is 1. The number of hydrogen-bond donors (Lipinski definition) is 0. The fourth-order valence-corrected chi connectivity index (χ4v) is 5.29. The van der Waals surface area contributed by atoms with Crippen LogP contribution in [0.15, 0.2) is 77.1 Å². The lowest BCUT2D eigenvalue weighted by atomic mass is 9.55. The number of hydrazine groups is 1. The third kappa shape index (κ3) is 2.48. The van der Waals surface area contributed by atoms with Gasteiger partial charge in [0.25, 0.3) is 0 Å². The van der Waals surface area contributed by atoms with E-state index in [-0.39, 0.29) is 6.85 Å². The van der Waals surface area contributed by atoms with Crippen molar-refractivity contribution in [1.29, 1.82) is 0 Å². The van der Waals surface area contributed by atoms with Crippen LogP contribution in [-0.4, -0.2) is 27.4 Å². The average molecular weight is 421 g/mol. The fourth-order valence-electron chi connectivity index (χ4n) is 5.29. The molecule has 158 valence electrons. The fraction of sp³-hybridized carbons (Fsp3) is 0.200. The van der Waals surface area contributed by atoms with Gasteiger partial charge >= 0.3 is 6.85 Å². The van der Waals surface area contributed by atoms with Crippen LogP contribution in [0.25, 0.3) is 17.2 Å². The van der Waals surface area contributed by atoms with Crippen molar-refractivity contribution in [2.75, 3.05) is 9.91 Å². The van der Waals surface area contributed by atoms with E-state index in [1.807, 2.05) is 24.4 Å². The Kier molecular flexibility index (Phi) is 3.93. The van der Waals surface area contributed by atoms with Gasteiger partial charge in [0.1, 0.15) is 11.4 Å². The van der Waals surface area contributed by atoms with Crippen LogP contribution in [0.1, 0.15) is 26.5 Å². The Morgan fingerprint density at radius 3 is 2.50 bits per heavy atom. The van der Waals surface area contributed by atoms with Crippen molar-refractivity contribution < 1.29 is 4.42 Å². The van der Waals surface area contributed by atoms with Crippen LogP contribution < -0.4 is 15.4 Å². The van der Waals surface area contributed by atoms with Crippen LogP contribution in [0.3, 0.4) is 0 Å². The number of allylic oxidation sites excluding steroid dienone is 1. The molecule has 0 atom stereocenters. The van der Waals surface area contributed by atoms with Gasteiger partial charge < -0.3 is 14.2 Å².